The first kappa shape index (κ1) is 12.2. The van der Waals surface area contributed by atoms with Crippen LogP contribution in [0.25, 0.3) is 0 Å². The van der Waals surface area contributed by atoms with Gasteiger partial charge in [0.25, 0.3) is 0 Å². The Hall–Kier alpha value is -1.27. The molecule has 0 saturated heterocycles. The molecule has 1 unspecified atom stereocenters. The maximum Gasteiger partial charge on any atom is 0.337 e. The van der Waals surface area contributed by atoms with E-state index >= 15 is 0 Å². The van der Waals surface area contributed by atoms with Gasteiger partial charge in [-0.15, -0.1) is 0 Å². The van der Waals surface area contributed by atoms with Crippen molar-refractivity contribution in [2.45, 2.75) is 12.5 Å². The minimum absolute atomic E-state index is 0.206. The second-order valence-corrected chi connectivity index (χ2v) is 4.44. The smallest absolute Gasteiger partial charge is 0.337 e. The van der Waals surface area contributed by atoms with Crippen molar-refractivity contribution in [1.29, 1.82) is 0 Å². The summed E-state index contributed by atoms with van der Waals surface area (Å²) in [6.45, 7) is 0.932. The maximum absolute atomic E-state index is 10.8. The Labute approximate surface area is 106 Å². The number of halogens is 1. The number of fused-ring (bicyclic) bond motifs is 1. The molecule has 0 spiro atoms. The van der Waals surface area contributed by atoms with Gasteiger partial charge in [0, 0.05) is 12.0 Å². The summed E-state index contributed by atoms with van der Waals surface area (Å²) in [4.78, 5) is 10.8. The van der Waals surface area contributed by atoms with E-state index < -0.39 is 12.1 Å². The van der Waals surface area contributed by atoms with E-state index in [1.807, 2.05) is 0 Å². The minimum Gasteiger partial charge on any atom is -0.489 e. The van der Waals surface area contributed by atoms with E-state index in [2.05, 4.69) is 15.9 Å². The molecule has 0 aliphatic carbocycles. The topological polar surface area (TPSA) is 76.0 Å². The van der Waals surface area contributed by atoms with Crippen molar-refractivity contribution in [1.82, 2.24) is 0 Å². The summed E-state index contributed by atoms with van der Waals surface area (Å²) in [5.41, 5.74) is 0.206. The van der Waals surface area contributed by atoms with Crippen molar-refractivity contribution in [2.24, 2.45) is 0 Å². The van der Waals surface area contributed by atoms with Crippen molar-refractivity contribution in [3.05, 3.63) is 22.2 Å². The lowest BCUT2D eigenvalue weighted by Gasteiger charge is -2.15. The third-order valence-corrected chi connectivity index (χ3v) is 3.03. The number of benzene rings is 1. The van der Waals surface area contributed by atoms with Gasteiger partial charge >= 0.3 is 5.97 Å². The molecule has 1 heterocycles. The molecule has 1 atom stereocenters. The molecule has 1 aliphatic heterocycles. The molecule has 6 heteroatoms. The second kappa shape index (κ2) is 4.93. The summed E-state index contributed by atoms with van der Waals surface area (Å²) in [5, 5.41) is 18.4. The van der Waals surface area contributed by atoms with Crippen molar-refractivity contribution < 1.29 is 24.5 Å². The van der Waals surface area contributed by atoms with Crippen LogP contribution in [0.5, 0.6) is 11.5 Å². The van der Waals surface area contributed by atoms with Crippen LogP contribution in [0, 0.1) is 0 Å². The number of carboxylic acid groups (broad SMARTS) is 1. The van der Waals surface area contributed by atoms with Gasteiger partial charge in [-0.25, -0.2) is 4.79 Å². The molecule has 0 amide bonds. The van der Waals surface area contributed by atoms with Gasteiger partial charge in [-0.3, -0.25) is 0 Å². The molecule has 92 valence electrons. The lowest BCUT2D eigenvalue weighted by atomic mass is 10.1. The van der Waals surface area contributed by atoms with Crippen molar-refractivity contribution in [3.8, 4) is 11.5 Å². The van der Waals surface area contributed by atoms with Crippen LogP contribution in [0.15, 0.2) is 16.6 Å². The molecule has 0 aromatic heterocycles. The van der Waals surface area contributed by atoms with Crippen LogP contribution in [0.4, 0.5) is 0 Å². The number of rotatable bonds is 2. The average molecular weight is 303 g/mol. The van der Waals surface area contributed by atoms with E-state index in [4.69, 9.17) is 14.6 Å². The van der Waals surface area contributed by atoms with Gasteiger partial charge in [0.05, 0.1) is 17.7 Å². The van der Waals surface area contributed by atoms with E-state index in [0.717, 1.165) is 0 Å². The minimum atomic E-state index is -1.61. The van der Waals surface area contributed by atoms with Gasteiger partial charge in [0.15, 0.2) is 17.6 Å². The molecule has 0 saturated carbocycles. The number of hydrogen-bond acceptors (Lipinski definition) is 4. The molecular weight excluding hydrogens is 292 g/mol. The van der Waals surface area contributed by atoms with Gasteiger partial charge in [0.2, 0.25) is 0 Å². The Morgan fingerprint density at radius 3 is 2.59 bits per heavy atom. The maximum atomic E-state index is 10.8. The Bertz CT molecular complexity index is 446. The lowest BCUT2D eigenvalue weighted by Crippen LogP contribution is -2.12. The fraction of sp³-hybridized carbons (Fsp3) is 0.364. The van der Waals surface area contributed by atoms with Crippen LogP contribution in [0.3, 0.4) is 0 Å². The van der Waals surface area contributed by atoms with E-state index in [1.54, 1.807) is 6.07 Å². The summed E-state index contributed by atoms with van der Waals surface area (Å²) in [6.07, 6.45) is -0.900. The molecule has 2 rings (SSSR count). The summed E-state index contributed by atoms with van der Waals surface area (Å²) in [5.74, 6) is -0.575. The summed E-state index contributed by atoms with van der Waals surface area (Å²) in [6, 6.07) is 3.14. The first-order chi connectivity index (χ1) is 8.11. The second-order valence-electron chi connectivity index (χ2n) is 3.59. The van der Waals surface area contributed by atoms with Crippen LogP contribution in [0.2, 0.25) is 0 Å². The summed E-state index contributed by atoms with van der Waals surface area (Å²) >= 11 is 3.30. The Balaban J connectivity index is 2.50. The molecule has 5 nitrogen and oxygen atoms in total. The Morgan fingerprint density at radius 1 is 1.29 bits per heavy atom. The van der Waals surface area contributed by atoms with Crippen molar-refractivity contribution in [2.75, 3.05) is 13.2 Å². The van der Waals surface area contributed by atoms with Gasteiger partial charge in [-0.2, -0.15) is 0 Å². The fourth-order valence-electron chi connectivity index (χ4n) is 1.59. The van der Waals surface area contributed by atoms with E-state index in [1.165, 1.54) is 6.07 Å². The molecule has 0 bridgehead atoms. The zero-order chi connectivity index (χ0) is 12.4. The van der Waals surface area contributed by atoms with Crippen LogP contribution in [-0.4, -0.2) is 29.4 Å². The molecule has 0 fully saturated rings. The number of aliphatic carboxylic acids is 1. The quantitative estimate of drug-likeness (QED) is 0.870. The van der Waals surface area contributed by atoms with Gasteiger partial charge in [-0.1, -0.05) is 6.07 Å². The first-order valence-electron chi connectivity index (χ1n) is 5.10. The summed E-state index contributed by atoms with van der Waals surface area (Å²) < 4.78 is 11.6. The normalized spacial score (nSPS) is 16.1. The molecule has 0 radical (unpaired) electrons. The number of carbonyl (C=O) groups is 1. The number of aliphatic hydroxyl groups excluding tert-OH is 1. The molecule has 2 N–H and O–H groups in total. The highest BCUT2D eigenvalue weighted by atomic mass is 79.9. The number of carboxylic acids is 1. The standard InChI is InChI=1S/C11H11BrO5/c12-7-3-2-6(8(13)11(14)15)9-10(7)17-5-1-4-16-9/h2-3,8,13H,1,4-5H2,(H,14,15). The SMILES string of the molecule is O=C(O)C(O)c1ccc(Br)c2c1OCCCO2. The third kappa shape index (κ3) is 2.37. The van der Waals surface area contributed by atoms with Crippen LogP contribution in [-0.2, 0) is 4.79 Å². The molecule has 17 heavy (non-hydrogen) atoms. The predicted molar refractivity (Wildman–Crippen MR) is 62.3 cm³/mol. The van der Waals surface area contributed by atoms with Crippen LogP contribution < -0.4 is 9.47 Å². The van der Waals surface area contributed by atoms with E-state index in [-0.39, 0.29) is 5.56 Å². The third-order valence-electron chi connectivity index (χ3n) is 2.40. The van der Waals surface area contributed by atoms with Gasteiger partial charge in [0.1, 0.15) is 0 Å². The highest BCUT2D eigenvalue weighted by molar-refractivity contribution is 9.10. The average Bonchev–Trinajstić information content (AvgIpc) is 2.54. The monoisotopic (exact) mass is 302 g/mol. The van der Waals surface area contributed by atoms with E-state index in [0.29, 0.717) is 35.6 Å². The summed E-state index contributed by atoms with van der Waals surface area (Å²) in [7, 11) is 0. The number of aliphatic hydroxyl groups is 1. The molecule has 1 aromatic carbocycles. The first-order valence-corrected chi connectivity index (χ1v) is 5.89. The Kier molecular flexibility index (Phi) is 3.54. The largest absolute Gasteiger partial charge is 0.489 e. The zero-order valence-electron chi connectivity index (χ0n) is 8.85. The van der Waals surface area contributed by atoms with Crippen molar-refractivity contribution in [3.63, 3.8) is 0 Å². The predicted octanol–water partition coefficient (Wildman–Crippen LogP) is 1.73. The van der Waals surface area contributed by atoms with Crippen LogP contribution >= 0.6 is 15.9 Å². The molecule has 1 aromatic rings. The number of hydrogen-bond donors (Lipinski definition) is 2. The van der Waals surface area contributed by atoms with E-state index in [9.17, 15) is 9.90 Å². The lowest BCUT2D eigenvalue weighted by molar-refractivity contribution is -0.147. The van der Waals surface area contributed by atoms with Gasteiger partial charge < -0.3 is 19.7 Å². The van der Waals surface area contributed by atoms with Gasteiger partial charge in [-0.05, 0) is 22.0 Å². The fourth-order valence-corrected chi connectivity index (χ4v) is 2.02. The zero-order valence-corrected chi connectivity index (χ0v) is 10.4. The highest BCUT2D eigenvalue weighted by Gasteiger charge is 2.26. The van der Waals surface area contributed by atoms with Crippen LogP contribution in [0.1, 0.15) is 18.1 Å². The Morgan fingerprint density at radius 2 is 1.94 bits per heavy atom. The number of ether oxygens (including phenoxy) is 2. The highest BCUT2D eigenvalue weighted by Crippen LogP contribution is 2.42. The molecular formula is C11H11BrO5. The van der Waals surface area contributed by atoms with Crippen molar-refractivity contribution >= 4 is 21.9 Å². The molecule has 1 aliphatic rings.